The molecular weight excluding hydrogens is 281 g/mol. The zero-order valence-electron chi connectivity index (χ0n) is 11.7. The van der Waals surface area contributed by atoms with Crippen molar-refractivity contribution in [3.05, 3.63) is 0 Å². The summed E-state index contributed by atoms with van der Waals surface area (Å²) in [7, 11) is 0. The Balaban J connectivity index is 1.73. The van der Waals surface area contributed by atoms with Crippen LogP contribution in [0.15, 0.2) is 0 Å². The van der Waals surface area contributed by atoms with Gasteiger partial charge in [0.05, 0.1) is 0 Å². The van der Waals surface area contributed by atoms with Crippen LogP contribution in [-0.4, -0.2) is 16.3 Å². The number of amides is 1. The Kier molecular flexibility index (Phi) is 3.34. The van der Waals surface area contributed by atoms with Crippen LogP contribution in [0.4, 0.5) is 0 Å². The van der Waals surface area contributed by atoms with Gasteiger partial charge in [-0.3, -0.25) is 4.79 Å². The number of hydrogen-bond donors (Lipinski definition) is 1. The van der Waals surface area contributed by atoms with E-state index in [1.807, 2.05) is 0 Å². The molecule has 2 nitrogen and oxygen atoms in total. The first-order valence-electron chi connectivity index (χ1n) is 7.47. The summed E-state index contributed by atoms with van der Waals surface area (Å²) in [5, 5.41) is 3.07. The molecule has 4 heteroatoms. The molecule has 4 aliphatic rings. The molecule has 0 aliphatic heterocycles. The summed E-state index contributed by atoms with van der Waals surface area (Å²) in [4.78, 5) is 12.0. The summed E-state index contributed by atoms with van der Waals surface area (Å²) in [5.41, 5.74) is 0.309. The second-order valence-corrected chi connectivity index (χ2v) is 9.07. The zero-order chi connectivity index (χ0) is 13.8. The first-order valence-corrected chi connectivity index (χ1v) is 8.23. The van der Waals surface area contributed by atoms with Crippen LogP contribution >= 0.6 is 23.2 Å². The summed E-state index contributed by atoms with van der Waals surface area (Å²) in [6.07, 6.45) is 8.10. The number of carbonyl (C=O) groups excluding carboxylic acids is 1. The van der Waals surface area contributed by atoms with Gasteiger partial charge in [-0.25, -0.2) is 0 Å². The number of halogens is 2. The van der Waals surface area contributed by atoms with E-state index in [1.165, 1.54) is 45.4 Å². The van der Waals surface area contributed by atoms with E-state index in [0.29, 0.717) is 5.41 Å². The van der Waals surface area contributed by atoms with Crippen LogP contribution in [0, 0.1) is 23.2 Å². The molecule has 1 atom stereocenters. The molecule has 1 unspecified atom stereocenters. The molecule has 4 saturated carbocycles. The van der Waals surface area contributed by atoms with E-state index in [9.17, 15) is 4.79 Å². The predicted octanol–water partition coefficient (Wildman–Crippen LogP) is 3.90. The van der Waals surface area contributed by atoms with Crippen LogP contribution in [0.2, 0.25) is 0 Å². The monoisotopic (exact) mass is 303 g/mol. The van der Waals surface area contributed by atoms with E-state index in [1.54, 1.807) is 0 Å². The maximum absolute atomic E-state index is 12.0. The third-order valence-corrected chi connectivity index (χ3v) is 6.09. The minimum absolute atomic E-state index is 0.185. The van der Waals surface area contributed by atoms with E-state index in [-0.39, 0.29) is 11.9 Å². The van der Waals surface area contributed by atoms with Gasteiger partial charge < -0.3 is 5.32 Å². The molecule has 4 rings (SSSR count). The summed E-state index contributed by atoms with van der Waals surface area (Å²) in [6.45, 7) is 3.68. The van der Waals surface area contributed by atoms with E-state index < -0.39 is 4.33 Å². The molecule has 0 saturated heterocycles. The highest BCUT2D eigenvalue weighted by atomic mass is 35.5. The molecule has 0 heterocycles. The van der Waals surface area contributed by atoms with Gasteiger partial charge in [0.1, 0.15) is 0 Å². The number of rotatable bonds is 3. The van der Waals surface area contributed by atoms with Gasteiger partial charge in [-0.05, 0) is 75.5 Å². The van der Waals surface area contributed by atoms with Gasteiger partial charge in [0.2, 0.25) is 0 Å². The zero-order valence-corrected chi connectivity index (χ0v) is 13.2. The van der Waals surface area contributed by atoms with Crippen molar-refractivity contribution in [2.75, 3.05) is 0 Å². The molecule has 0 radical (unpaired) electrons. The van der Waals surface area contributed by atoms with E-state index in [2.05, 4.69) is 12.2 Å². The second kappa shape index (κ2) is 4.53. The average molecular weight is 304 g/mol. The molecule has 0 aromatic heterocycles. The molecule has 4 bridgehead atoms. The van der Waals surface area contributed by atoms with Crippen LogP contribution in [0.5, 0.6) is 0 Å². The van der Waals surface area contributed by atoms with Crippen molar-refractivity contribution < 1.29 is 4.79 Å². The quantitative estimate of drug-likeness (QED) is 0.787. The van der Waals surface area contributed by atoms with Gasteiger partial charge >= 0.3 is 0 Å². The SMILES string of the molecule is CC(NC(=O)C(C)(Cl)Cl)C12CC3CC(CC(C3)C1)C2. The number of alkyl halides is 2. The molecule has 4 fully saturated rings. The third kappa shape index (κ3) is 2.51. The Hall–Kier alpha value is 0.0500. The third-order valence-electron chi connectivity index (χ3n) is 5.75. The van der Waals surface area contributed by atoms with Crippen molar-refractivity contribution in [1.82, 2.24) is 5.32 Å². The van der Waals surface area contributed by atoms with Crippen LogP contribution in [0.25, 0.3) is 0 Å². The van der Waals surface area contributed by atoms with Crippen molar-refractivity contribution in [2.45, 2.75) is 62.7 Å². The Morgan fingerprint density at radius 1 is 1.16 bits per heavy atom. The molecule has 1 N–H and O–H groups in total. The van der Waals surface area contributed by atoms with Gasteiger partial charge in [-0.15, -0.1) is 0 Å². The average Bonchev–Trinajstić information content (AvgIpc) is 2.25. The molecule has 1 amide bonds. The minimum Gasteiger partial charge on any atom is -0.350 e. The fourth-order valence-electron chi connectivity index (χ4n) is 5.18. The first-order chi connectivity index (χ1) is 8.78. The molecule has 0 aromatic carbocycles. The van der Waals surface area contributed by atoms with Crippen LogP contribution in [-0.2, 0) is 4.79 Å². The molecular formula is C15H23Cl2NO. The Morgan fingerprint density at radius 2 is 1.58 bits per heavy atom. The highest BCUT2D eigenvalue weighted by Crippen LogP contribution is 2.61. The van der Waals surface area contributed by atoms with Gasteiger partial charge in [-0.1, -0.05) is 23.2 Å². The Bertz CT molecular complexity index is 353. The lowest BCUT2D eigenvalue weighted by molar-refractivity contribution is -0.126. The number of hydrogen-bond acceptors (Lipinski definition) is 1. The molecule has 0 aromatic rings. The normalized spacial score (nSPS) is 42.2. The summed E-state index contributed by atoms with van der Waals surface area (Å²) >= 11 is 11.8. The number of nitrogens with one attached hydrogen (secondary N) is 1. The molecule has 108 valence electrons. The van der Waals surface area contributed by atoms with E-state index >= 15 is 0 Å². The largest absolute Gasteiger partial charge is 0.350 e. The second-order valence-electron chi connectivity index (χ2n) is 7.36. The van der Waals surface area contributed by atoms with Gasteiger partial charge in [0.25, 0.3) is 5.91 Å². The summed E-state index contributed by atoms with van der Waals surface area (Å²) in [6, 6.07) is 0.185. The fourth-order valence-corrected chi connectivity index (χ4v) is 5.29. The lowest BCUT2D eigenvalue weighted by Crippen LogP contribution is -2.57. The fraction of sp³-hybridized carbons (Fsp3) is 0.933. The van der Waals surface area contributed by atoms with Crippen LogP contribution in [0.1, 0.15) is 52.4 Å². The summed E-state index contributed by atoms with van der Waals surface area (Å²) in [5.74, 6) is 2.43. The van der Waals surface area contributed by atoms with Gasteiger partial charge in [0, 0.05) is 6.04 Å². The smallest absolute Gasteiger partial charge is 0.256 e. The Labute approximate surface area is 125 Å². The lowest BCUT2D eigenvalue weighted by Gasteiger charge is -2.59. The van der Waals surface area contributed by atoms with Crippen LogP contribution < -0.4 is 5.32 Å². The lowest BCUT2D eigenvalue weighted by atomic mass is 9.48. The highest BCUT2D eigenvalue weighted by Gasteiger charge is 2.53. The van der Waals surface area contributed by atoms with E-state index in [0.717, 1.165) is 17.8 Å². The van der Waals surface area contributed by atoms with E-state index in [4.69, 9.17) is 23.2 Å². The van der Waals surface area contributed by atoms with Crippen molar-refractivity contribution in [2.24, 2.45) is 23.2 Å². The van der Waals surface area contributed by atoms with Gasteiger partial charge in [-0.2, -0.15) is 0 Å². The molecule has 19 heavy (non-hydrogen) atoms. The number of carbonyl (C=O) groups is 1. The van der Waals surface area contributed by atoms with Gasteiger partial charge in [0.15, 0.2) is 4.33 Å². The molecule has 0 spiro atoms. The predicted molar refractivity (Wildman–Crippen MR) is 78.3 cm³/mol. The maximum atomic E-state index is 12.0. The summed E-state index contributed by atoms with van der Waals surface area (Å²) < 4.78 is -1.32. The Morgan fingerprint density at radius 3 is 1.95 bits per heavy atom. The van der Waals surface area contributed by atoms with Crippen molar-refractivity contribution in [3.8, 4) is 0 Å². The minimum atomic E-state index is -1.32. The van der Waals surface area contributed by atoms with Crippen molar-refractivity contribution in [1.29, 1.82) is 0 Å². The first kappa shape index (κ1) is 14.0. The van der Waals surface area contributed by atoms with Crippen molar-refractivity contribution >= 4 is 29.1 Å². The van der Waals surface area contributed by atoms with Crippen LogP contribution in [0.3, 0.4) is 0 Å². The maximum Gasteiger partial charge on any atom is 0.256 e. The molecule has 4 aliphatic carbocycles. The topological polar surface area (TPSA) is 29.1 Å². The highest BCUT2D eigenvalue weighted by molar-refractivity contribution is 6.57. The van der Waals surface area contributed by atoms with Crippen molar-refractivity contribution in [3.63, 3.8) is 0 Å². The standard InChI is InChI=1S/C15H23Cl2NO/c1-9(18-13(19)14(2,16)17)15-6-10-3-11(7-15)5-12(4-10)8-15/h9-12H,3-8H2,1-2H3,(H,18,19).